The van der Waals surface area contributed by atoms with E-state index in [1.54, 1.807) is 0 Å². The lowest BCUT2D eigenvalue weighted by Crippen LogP contribution is -2.21. The highest BCUT2D eigenvalue weighted by molar-refractivity contribution is 6.34. The molecule has 1 saturated carbocycles. The Morgan fingerprint density at radius 3 is 2.94 bits per heavy atom. The lowest BCUT2D eigenvalue weighted by molar-refractivity contribution is 0.403. The molecule has 1 aliphatic rings. The van der Waals surface area contributed by atoms with Gasteiger partial charge in [0.1, 0.15) is 5.76 Å². The SMILES string of the molecule is CCNC(c1cc2cccc(Cl)c2o1)C1CC1. The Hall–Kier alpha value is -0.990. The van der Waals surface area contributed by atoms with Crippen molar-refractivity contribution >= 4 is 22.6 Å². The molecule has 1 unspecified atom stereocenters. The van der Waals surface area contributed by atoms with Crippen molar-refractivity contribution in [3.05, 3.63) is 35.0 Å². The van der Waals surface area contributed by atoms with Crippen LogP contribution < -0.4 is 5.32 Å². The van der Waals surface area contributed by atoms with Gasteiger partial charge >= 0.3 is 0 Å². The molecule has 0 spiro atoms. The average molecular weight is 250 g/mol. The summed E-state index contributed by atoms with van der Waals surface area (Å²) in [5.41, 5.74) is 0.813. The van der Waals surface area contributed by atoms with Crippen LogP contribution >= 0.6 is 11.6 Å². The average Bonchev–Trinajstić information content (AvgIpc) is 3.05. The van der Waals surface area contributed by atoms with Gasteiger partial charge in [-0.15, -0.1) is 0 Å². The molecule has 0 radical (unpaired) electrons. The first-order valence-electron chi connectivity index (χ1n) is 6.21. The predicted molar refractivity (Wildman–Crippen MR) is 70.4 cm³/mol. The minimum absolute atomic E-state index is 0.350. The van der Waals surface area contributed by atoms with Crippen LogP contribution in [0.15, 0.2) is 28.7 Å². The van der Waals surface area contributed by atoms with Crippen LogP contribution in [0.1, 0.15) is 31.6 Å². The Balaban J connectivity index is 2.01. The Labute approximate surface area is 106 Å². The van der Waals surface area contributed by atoms with Crippen LogP contribution in [0.3, 0.4) is 0 Å². The van der Waals surface area contributed by atoms with Gasteiger partial charge in [-0.2, -0.15) is 0 Å². The maximum absolute atomic E-state index is 6.13. The second kappa shape index (κ2) is 4.35. The van der Waals surface area contributed by atoms with E-state index in [9.17, 15) is 0 Å². The van der Waals surface area contributed by atoms with Crippen molar-refractivity contribution in [1.29, 1.82) is 0 Å². The Bertz CT molecular complexity index is 530. The number of benzene rings is 1. The third-order valence-electron chi connectivity index (χ3n) is 3.34. The van der Waals surface area contributed by atoms with Gasteiger partial charge in [-0.05, 0) is 37.4 Å². The van der Waals surface area contributed by atoms with Gasteiger partial charge in [0.05, 0.1) is 11.1 Å². The number of furan rings is 1. The van der Waals surface area contributed by atoms with E-state index < -0.39 is 0 Å². The number of fused-ring (bicyclic) bond motifs is 1. The summed E-state index contributed by atoms with van der Waals surface area (Å²) in [4.78, 5) is 0. The number of nitrogens with one attached hydrogen (secondary N) is 1. The molecule has 90 valence electrons. The van der Waals surface area contributed by atoms with E-state index in [0.29, 0.717) is 11.1 Å². The van der Waals surface area contributed by atoms with Gasteiger partial charge in [-0.25, -0.2) is 0 Å². The van der Waals surface area contributed by atoms with Crippen LogP contribution in [0.4, 0.5) is 0 Å². The molecule has 1 fully saturated rings. The van der Waals surface area contributed by atoms with Crippen LogP contribution in [-0.4, -0.2) is 6.54 Å². The summed E-state index contributed by atoms with van der Waals surface area (Å²) in [5, 5.41) is 5.29. The predicted octanol–water partition coefficient (Wildman–Crippen LogP) is 4.15. The molecular formula is C14H16ClNO. The van der Waals surface area contributed by atoms with E-state index in [4.69, 9.17) is 16.0 Å². The van der Waals surface area contributed by atoms with E-state index in [2.05, 4.69) is 18.3 Å². The third kappa shape index (κ3) is 2.07. The van der Waals surface area contributed by atoms with Crippen LogP contribution in [0.2, 0.25) is 5.02 Å². The number of para-hydroxylation sites is 1. The van der Waals surface area contributed by atoms with Crippen molar-refractivity contribution in [2.24, 2.45) is 5.92 Å². The summed E-state index contributed by atoms with van der Waals surface area (Å²) < 4.78 is 5.92. The number of hydrogen-bond acceptors (Lipinski definition) is 2. The quantitative estimate of drug-likeness (QED) is 0.881. The smallest absolute Gasteiger partial charge is 0.152 e. The molecule has 1 aromatic heterocycles. The summed E-state index contributed by atoms with van der Waals surface area (Å²) in [6.07, 6.45) is 2.59. The van der Waals surface area contributed by atoms with E-state index in [-0.39, 0.29) is 0 Å². The molecule has 1 aromatic carbocycles. The maximum Gasteiger partial charge on any atom is 0.152 e. The molecule has 1 N–H and O–H groups in total. The highest BCUT2D eigenvalue weighted by Gasteiger charge is 2.33. The molecule has 1 heterocycles. The van der Waals surface area contributed by atoms with E-state index in [0.717, 1.165) is 29.2 Å². The zero-order valence-electron chi connectivity index (χ0n) is 9.87. The monoisotopic (exact) mass is 249 g/mol. The molecule has 0 bridgehead atoms. The first kappa shape index (κ1) is 11.1. The van der Waals surface area contributed by atoms with Crippen molar-refractivity contribution in [2.75, 3.05) is 6.54 Å². The molecule has 1 aliphatic carbocycles. The van der Waals surface area contributed by atoms with Crippen molar-refractivity contribution in [3.8, 4) is 0 Å². The van der Waals surface area contributed by atoms with Crippen molar-refractivity contribution in [2.45, 2.75) is 25.8 Å². The topological polar surface area (TPSA) is 25.2 Å². The minimum atomic E-state index is 0.350. The number of hydrogen-bond donors (Lipinski definition) is 1. The molecule has 0 aliphatic heterocycles. The third-order valence-corrected chi connectivity index (χ3v) is 3.64. The second-order valence-corrected chi connectivity index (χ2v) is 5.09. The molecule has 0 saturated heterocycles. The summed E-state index contributed by atoms with van der Waals surface area (Å²) in [5.74, 6) is 1.76. The summed E-state index contributed by atoms with van der Waals surface area (Å²) in [7, 11) is 0. The van der Waals surface area contributed by atoms with Gasteiger partial charge in [-0.1, -0.05) is 30.7 Å². The lowest BCUT2D eigenvalue weighted by Gasteiger charge is -2.13. The zero-order valence-corrected chi connectivity index (χ0v) is 10.6. The van der Waals surface area contributed by atoms with Gasteiger partial charge < -0.3 is 9.73 Å². The highest BCUT2D eigenvalue weighted by Crippen LogP contribution is 2.42. The van der Waals surface area contributed by atoms with Crippen LogP contribution in [0, 0.1) is 5.92 Å². The van der Waals surface area contributed by atoms with Crippen molar-refractivity contribution in [1.82, 2.24) is 5.32 Å². The van der Waals surface area contributed by atoms with E-state index >= 15 is 0 Å². The molecule has 17 heavy (non-hydrogen) atoms. The Morgan fingerprint density at radius 2 is 2.29 bits per heavy atom. The fraction of sp³-hybridized carbons (Fsp3) is 0.429. The lowest BCUT2D eigenvalue weighted by atomic mass is 10.1. The van der Waals surface area contributed by atoms with E-state index in [1.807, 2.05) is 18.2 Å². The van der Waals surface area contributed by atoms with Crippen LogP contribution in [0.25, 0.3) is 11.0 Å². The van der Waals surface area contributed by atoms with Gasteiger partial charge in [0.2, 0.25) is 0 Å². The maximum atomic E-state index is 6.13. The molecule has 1 atom stereocenters. The fourth-order valence-corrected chi connectivity index (χ4v) is 2.57. The van der Waals surface area contributed by atoms with Crippen LogP contribution in [-0.2, 0) is 0 Å². The summed E-state index contributed by atoms with van der Waals surface area (Å²) in [6, 6.07) is 8.35. The van der Waals surface area contributed by atoms with Crippen molar-refractivity contribution < 1.29 is 4.42 Å². The molecule has 0 amide bonds. The summed E-state index contributed by atoms with van der Waals surface area (Å²) >= 11 is 6.13. The Kier molecular flexibility index (Phi) is 2.85. The van der Waals surface area contributed by atoms with E-state index in [1.165, 1.54) is 12.8 Å². The molecular weight excluding hydrogens is 234 g/mol. The fourth-order valence-electron chi connectivity index (χ4n) is 2.35. The minimum Gasteiger partial charge on any atom is -0.458 e. The second-order valence-electron chi connectivity index (χ2n) is 4.68. The van der Waals surface area contributed by atoms with Crippen molar-refractivity contribution in [3.63, 3.8) is 0 Å². The molecule has 2 aromatic rings. The Morgan fingerprint density at radius 1 is 1.47 bits per heavy atom. The molecule has 2 nitrogen and oxygen atoms in total. The highest BCUT2D eigenvalue weighted by atomic mass is 35.5. The van der Waals surface area contributed by atoms with Gasteiger partial charge in [-0.3, -0.25) is 0 Å². The molecule has 3 rings (SSSR count). The largest absolute Gasteiger partial charge is 0.458 e. The standard InChI is InChI=1S/C14H16ClNO/c1-2-16-13(9-6-7-9)12-8-10-4-3-5-11(15)14(10)17-12/h3-5,8-9,13,16H,2,6-7H2,1H3. The summed E-state index contributed by atoms with van der Waals surface area (Å²) in [6.45, 7) is 3.09. The first-order chi connectivity index (χ1) is 8.29. The van der Waals surface area contributed by atoms with Crippen LogP contribution in [0.5, 0.6) is 0 Å². The molecule has 3 heteroatoms. The van der Waals surface area contributed by atoms with Gasteiger partial charge in [0.25, 0.3) is 0 Å². The number of rotatable bonds is 4. The normalized spacial score (nSPS) is 17.5. The van der Waals surface area contributed by atoms with Gasteiger partial charge in [0, 0.05) is 5.39 Å². The number of halogens is 1. The van der Waals surface area contributed by atoms with Gasteiger partial charge in [0.15, 0.2) is 5.58 Å². The zero-order chi connectivity index (χ0) is 11.8. The first-order valence-corrected chi connectivity index (χ1v) is 6.58.